The predicted octanol–water partition coefficient (Wildman–Crippen LogP) is 2.49. The van der Waals surface area contributed by atoms with Gasteiger partial charge < -0.3 is 10.1 Å². The molecule has 1 aliphatic heterocycles. The Morgan fingerprint density at radius 2 is 2.05 bits per heavy atom. The average Bonchev–Trinajstić information content (AvgIpc) is 2.50. The van der Waals surface area contributed by atoms with Crippen LogP contribution in [0.15, 0.2) is 48.7 Å². The van der Waals surface area contributed by atoms with Crippen molar-refractivity contribution in [2.75, 3.05) is 13.2 Å². The van der Waals surface area contributed by atoms with E-state index in [0.29, 0.717) is 19.2 Å². The number of rotatable bonds is 3. The van der Waals surface area contributed by atoms with Crippen molar-refractivity contribution in [2.45, 2.75) is 18.6 Å². The maximum absolute atomic E-state index is 12.8. The van der Waals surface area contributed by atoms with Crippen LogP contribution in [0.25, 0.3) is 0 Å². The van der Waals surface area contributed by atoms with Crippen LogP contribution in [-0.2, 0) is 11.2 Å². The normalized spacial score (nSPS) is 22.6. The summed E-state index contributed by atoms with van der Waals surface area (Å²) in [5.74, 6) is -0.320. The third-order valence-electron chi connectivity index (χ3n) is 3.50. The fourth-order valence-electron chi connectivity index (χ4n) is 2.42. The molecule has 0 aliphatic carbocycles. The molecule has 4 heteroatoms. The molecule has 0 radical (unpaired) electrons. The van der Waals surface area contributed by atoms with Gasteiger partial charge in [0.2, 0.25) is 0 Å². The smallest absolute Gasteiger partial charge is 0.141 e. The lowest BCUT2D eigenvalue weighted by Crippen LogP contribution is -2.44. The monoisotopic (exact) mass is 272 g/mol. The van der Waals surface area contributed by atoms with Gasteiger partial charge in [-0.3, -0.25) is 4.98 Å². The zero-order valence-corrected chi connectivity index (χ0v) is 11.1. The average molecular weight is 272 g/mol. The molecule has 104 valence electrons. The molecule has 3 rings (SSSR count). The summed E-state index contributed by atoms with van der Waals surface area (Å²) < 4.78 is 18.7. The summed E-state index contributed by atoms with van der Waals surface area (Å²) in [5, 5.41) is 3.47. The summed E-state index contributed by atoms with van der Waals surface area (Å²) in [5.41, 5.74) is 2.07. The minimum atomic E-state index is -0.320. The summed E-state index contributed by atoms with van der Waals surface area (Å²) in [6.07, 6.45) is 2.08. The van der Waals surface area contributed by atoms with E-state index in [0.717, 1.165) is 12.1 Å². The van der Waals surface area contributed by atoms with Crippen LogP contribution in [0.2, 0.25) is 0 Å². The maximum atomic E-state index is 12.8. The second-order valence-electron chi connectivity index (χ2n) is 5.02. The third-order valence-corrected chi connectivity index (χ3v) is 3.50. The Kier molecular flexibility index (Phi) is 4.04. The van der Waals surface area contributed by atoms with E-state index >= 15 is 0 Å². The second-order valence-corrected chi connectivity index (χ2v) is 5.02. The Bertz CT molecular complexity index is 536. The molecule has 0 spiro atoms. The van der Waals surface area contributed by atoms with Gasteiger partial charge in [0.05, 0.1) is 18.5 Å². The van der Waals surface area contributed by atoms with Gasteiger partial charge >= 0.3 is 0 Å². The third kappa shape index (κ3) is 3.21. The molecule has 0 amide bonds. The highest BCUT2D eigenvalue weighted by molar-refractivity contribution is 5.16. The van der Waals surface area contributed by atoms with Crippen LogP contribution in [0.5, 0.6) is 0 Å². The van der Waals surface area contributed by atoms with Gasteiger partial charge in [0.15, 0.2) is 0 Å². The lowest BCUT2D eigenvalue weighted by atomic mass is 10.0. The fraction of sp³-hybridized carbons (Fsp3) is 0.312. The summed E-state index contributed by atoms with van der Waals surface area (Å²) in [6, 6.07) is 13.8. The van der Waals surface area contributed by atoms with Gasteiger partial charge in [-0.15, -0.1) is 0 Å². The number of nitrogens with one attached hydrogen (secondary N) is 1. The second kappa shape index (κ2) is 6.11. The molecular weight excluding hydrogens is 255 g/mol. The Morgan fingerprint density at radius 1 is 1.20 bits per heavy atom. The van der Waals surface area contributed by atoms with E-state index in [1.165, 1.54) is 17.8 Å². The minimum absolute atomic E-state index is 0.0948. The number of hydrogen-bond acceptors (Lipinski definition) is 3. The highest BCUT2D eigenvalue weighted by atomic mass is 19.1. The number of hydrogen-bond donors (Lipinski definition) is 1. The molecule has 3 nitrogen and oxygen atoms in total. The van der Waals surface area contributed by atoms with Gasteiger partial charge in [0.1, 0.15) is 11.9 Å². The van der Waals surface area contributed by atoms with E-state index in [9.17, 15) is 4.39 Å². The van der Waals surface area contributed by atoms with Crippen LogP contribution in [0.3, 0.4) is 0 Å². The lowest BCUT2D eigenvalue weighted by Gasteiger charge is -2.30. The molecule has 1 N–H and O–H groups in total. The van der Waals surface area contributed by atoms with E-state index in [1.807, 2.05) is 18.2 Å². The molecule has 1 aromatic carbocycles. The van der Waals surface area contributed by atoms with E-state index in [4.69, 9.17) is 4.74 Å². The Balaban J connectivity index is 1.55. The van der Waals surface area contributed by atoms with Crippen LogP contribution in [0.4, 0.5) is 4.39 Å². The van der Waals surface area contributed by atoms with Crippen molar-refractivity contribution in [3.63, 3.8) is 0 Å². The number of ether oxygens (including phenoxy) is 1. The SMILES string of the molecule is Fc1ccc(C2CNC(Cc3ccccc3)CO2)nc1. The number of halogens is 1. The first-order valence-electron chi connectivity index (χ1n) is 6.81. The molecular formula is C16H17FN2O. The zero-order chi connectivity index (χ0) is 13.8. The maximum Gasteiger partial charge on any atom is 0.141 e. The quantitative estimate of drug-likeness (QED) is 0.932. The molecule has 1 saturated heterocycles. The minimum Gasteiger partial charge on any atom is -0.369 e. The van der Waals surface area contributed by atoms with E-state index in [2.05, 4.69) is 22.4 Å². The molecule has 1 aliphatic rings. The van der Waals surface area contributed by atoms with Crippen molar-refractivity contribution in [1.82, 2.24) is 10.3 Å². The summed E-state index contributed by atoms with van der Waals surface area (Å²) >= 11 is 0. The predicted molar refractivity (Wildman–Crippen MR) is 74.8 cm³/mol. The highest BCUT2D eigenvalue weighted by Gasteiger charge is 2.23. The number of morpholine rings is 1. The lowest BCUT2D eigenvalue weighted by molar-refractivity contribution is 0.000648. The first-order chi connectivity index (χ1) is 9.81. The molecule has 20 heavy (non-hydrogen) atoms. The number of pyridine rings is 1. The molecule has 2 unspecified atom stereocenters. The molecule has 2 heterocycles. The number of aromatic nitrogens is 1. The molecule has 1 fully saturated rings. The first kappa shape index (κ1) is 13.2. The number of benzene rings is 1. The van der Waals surface area contributed by atoms with Gasteiger partial charge in [-0.05, 0) is 24.1 Å². The van der Waals surface area contributed by atoms with E-state index in [1.54, 1.807) is 6.07 Å². The van der Waals surface area contributed by atoms with Crippen molar-refractivity contribution >= 4 is 0 Å². The zero-order valence-electron chi connectivity index (χ0n) is 11.1. The van der Waals surface area contributed by atoms with Crippen LogP contribution in [0.1, 0.15) is 17.4 Å². The van der Waals surface area contributed by atoms with Crippen LogP contribution in [-0.4, -0.2) is 24.2 Å². The fourth-order valence-corrected chi connectivity index (χ4v) is 2.42. The van der Waals surface area contributed by atoms with E-state index in [-0.39, 0.29) is 11.9 Å². The van der Waals surface area contributed by atoms with Crippen molar-refractivity contribution in [1.29, 1.82) is 0 Å². The summed E-state index contributed by atoms with van der Waals surface area (Å²) in [4.78, 5) is 4.07. The van der Waals surface area contributed by atoms with Crippen molar-refractivity contribution < 1.29 is 9.13 Å². The standard InChI is InChI=1S/C16H17FN2O/c17-13-6-7-15(19-9-13)16-10-18-14(11-20-16)8-12-4-2-1-3-5-12/h1-7,9,14,16,18H,8,10-11H2. The molecule has 0 saturated carbocycles. The van der Waals surface area contributed by atoms with E-state index < -0.39 is 0 Å². The molecule has 0 bridgehead atoms. The summed E-state index contributed by atoms with van der Waals surface area (Å²) in [6.45, 7) is 1.34. The van der Waals surface area contributed by atoms with Crippen LogP contribution >= 0.6 is 0 Å². The van der Waals surface area contributed by atoms with Gasteiger partial charge in [0.25, 0.3) is 0 Å². The van der Waals surface area contributed by atoms with Crippen LogP contribution in [0, 0.1) is 5.82 Å². The molecule has 2 aromatic rings. The van der Waals surface area contributed by atoms with Gasteiger partial charge in [0, 0.05) is 12.6 Å². The molecule has 2 atom stereocenters. The Labute approximate surface area is 117 Å². The highest BCUT2D eigenvalue weighted by Crippen LogP contribution is 2.19. The molecule has 1 aromatic heterocycles. The van der Waals surface area contributed by atoms with Crippen molar-refractivity contribution in [3.8, 4) is 0 Å². The summed E-state index contributed by atoms with van der Waals surface area (Å²) in [7, 11) is 0. The van der Waals surface area contributed by atoms with Gasteiger partial charge in [-0.25, -0.2) is 4.39 Å². The Hall–Kier alpha value is -1.78. The number of nitrogens with zero attached hydrogens (tertiary/aromatic N) is 1. The van der Waals surface area contributed by atoms with Gasteiger partial charge in [-0.1, -0.05) is 30.3 Å². The topological polar surface area (TPSA) is 34.1 Å². The van der Waals surface area contributed by atoms with Crippen molar-refractivity contribution in [2.24, 2.45) is 0 Å². The van der Waals surface area contributed by atoms with Crippen LogP contribution < -0.4 is 5.32 Å². The largest absolute Gasteiger partial charge is 0.369 e. The first-order valence-corrected chi connectivity index (χ1v) is 6.81. The van der Waals surface area contributed by atoms with Crippen molar-refractivity contribution in [3.05, 3.63) is 65.7 Å². The Morgan fingerprint density at radius 3 is 2.70 bits per heavy atom. The van der Waals surface area contributed by atoms with Gasteiger partial charge in [-0.2, -0.15) is 0 Å².